The summed E-state index contributed by atoms with van der Waals surface area (Å²) >= 11 is 0. The molecule has 4 nitrogen and oxygen atoms in total. The van der Waals surface area contributed by atoms with Crippen molar-refractivity contribution in [3.05, 3.63) is 0 Å². The molecule has 1 saturated carbocycles. The molecule has 0 aromatic carbocycles. The van der Waals surface area contributed by atoms with E-state index in [0.29, 0.717) is 13.0 Å². The third-order valence-electron chi connectivity index (χ3n) is 3.92. The average Bonchev–Trinajstić information content (AvgIpc) is 2.23. The van der Waals surface area contributed by atoms with E-state index in [1.165, 1.54) is 0 Å². The van der Waals surface area contributed by atoms with Crippen molar-refractivity contribution in [2.24, 2.45) is 0 Å². The van der Waals surface area contributed by atoms with E-state index in [1.807, 2.05) is 0 Å². The van der Waals surface area contributed by atoms with E-state index in [-0.39, 0.29) is 17.6 Å². The van der Waals surface area contributed by atoms with Crippen molar-refractivity contribution >= 4 is 5.91 Å². The number of ether oxygens (including phenoxy) is 1. The number of aliphatic hydroxyl groups is 1. The molecule has 2 fully saturated rings. The van der Waals surface area contributed by atoms with Crippen molar-refractivity contribution in [3.63, 3.8) is 0 Å². The summed E-state index contributed by atoms with van der Waals surface area (Å²) in [5.41, 5.74) is -0.195. The van der Waals surface area contributed by atoms with Crippen LogP contribution in [0.4, 0.5) is 0 Å². The fourth-order valence-corrected chi connectivity index (χ4v) is 2.59. The van der Waals surface area contributed by atoms with Crippen LogP contribution in [-0.4, -0.2) is 47.8 Å². The molecular weight excluding hydrogens is 206 g/mol. The van der Waals surface area contributed by atoms with Crippen LogP contribution in [0.25, 0.3) is 0 Å². The fraction of sp³-hybridized carbons (Fsp3) is 0.917. The summed E-state index contributed by atoms with van der Waals surface area (Å²) in [6, 6.07) is 0. The van der Waals surface area contributed by atoms with Crippen LogP contribution < -0.4 is 0 Å². The number of hydrogen-bond acceptors (Lipinski definition) is 3. The molecule has 1 saturated heterocycles. The van der Waals surface area contributed by atoms with Crippen molar-refractivity contribution in [3.8, 4) is 0 Å². The van der Waals surface area contributed by atoms with Gasteiger partial charge in [-0.2, -0.15) is 0 Å². The minimum absolute atomic E-state index is 0.139. The minimum atomic E-state index is -0.336. The first-order chi connectivity index (χ1) is 7.65. The van der Waals surface area contributed by atoms with Gasteiger partial charge in [0.2, 0.25) is 5.91 Å². The number of methoxy groups -OCH3 is 1. The number of amides is 1. The summed E-state index contributed by atoms with van der Waals surface area (Å²) in [7, 11) is 1.69. The molecule has 16 heavy (non-hydrogen) atoms. The maximum atomic E-state index is 12.0. The van der Waals surface area contributed by atoms with Crippen LogP contribution in [0, 0.1) is 0 Å². The van der Waals surface area contributed by atoms with Gasteiger partial charge in [-0.1, -0.05) is 0 Å². The average molecular weight is 227 g/mol. The third kappa shape index (κ3) is 2.38. The molecule has 2 rings (SSSR count). The Hall–Kier alpha value is -0.610. The minimum Gasteiger partial charge on any atom is -0.391 e. The largest absolute Gasteiger partial charge is 0.391 e. The molecule has 0 radical (unpaired) electrons. The summed E-state index contributed by atoms with van der Waals surface area (Å²) in [6.45, 7) is 1.29. The predicted octanol–water partition coefficient (Wildman–Crippen LogP) is 0.929. The monoisotopic (exact) mass is 227 g/mol. The van der Waals surface area contributed by atoms with Crippen LogP contribution in [0.5, 0.6) is 0 Å². The van der Waals surface area contributed by atoms with Crippen LogP contribution in [0.1, 0.15) is 38.5 Å². The Labute approximate surface area is 96.6 Å². The highest BCUT2D eigenvalue weighted by Crippen LogP contribution is 2.38. The molecule has 92 valence electrons. The molecule has 1 aliphatic carbocycles. The zero-order chi connectivity index (χ0) is 11.6. The summed E-state index contributed by atoms with van der Waals surface area (Å²) in [5, 5.41) is 9.53. The van der Waals surface area contributed by atoms with Gasteiger partial charge >= 0.3 is 0 Å². The fourth-order valence-electron chi connectivity index (χ4n) is 2.59. The Morgan fingerprint density at radius 2 is 2.25 bits per heavy atom. The topological polar surface area (TPSA) is 49.8 Å². The molecular formula is C12H21NO3. The lowest BCUT2D eigenvalue weighted by molar-refractivity contribution is -0.146. The molecule has 1 N–H and O–H groups in total. The smallest absolute Gasteiger partial charge is 0.225 e. The quantitative estimate of drug-likeness (QED) is 0.780. The van der Waals surface area contributed by atoms with Gasteiger partial charge in [-0.25, -0.2) is 0 Å². The van der Waals surface area contributed by atoms with E-state index in [9.17, 15) is 9.90 Å². The predicted molar refractivity (Wildman–Crippen MR) is 60.0 cm³/mol. The van der Waals surface area contributed by atoms with Crippen molar-refractivity contribution in [1.82, 2.24) is 4.90 Å². The maximum Gasteiger partial charge on any atom is 0.225 e. The normalized spacial score (nSPS) is 28.6. The second-order valence-corrected chi connectivity index (χ2v) is 5.05. The first kappa shape index (κ1) is 11.9. The molecule has 1 unspecified atom stereocenters. The number of carbonyl (C=O) groups excluding carboxylic acids is 1. The second kappa shape index (κ2) is 4.72. The standard InChI is InChI=1S/C12H21NO3/c1-16-12(5-3-6-12)8-11(15)13-7-2-4-10(14)9-13/h10,14H,2-9H2,1H3. The van der Waals surface area contributed by atoms with Gasteiger partial charge in [0.05, 0.1) is 18.1 Å². The Balaban J connectivity index is 1.87. The van der Waals surface area contributed by atoms with Gasteiger partial charge < -0.3 is 14.7 Å². The van der Waals surface area contributed by atoms with Crippen LogP contribution in [0.2, 0.25) is 0 Å². The lowest BCUT2D eigenvalue weighted by atomic mass is 9.77. The number of β-amino-alcohol motifs (C(OH)–C–C–N with tert-alkyl or cyclic N) is 1. The maximum absolute atomic E-state index is 12.0. The van der Waals surface area contributed by atoms with Gasteiger partial charge in [0.1, 0.15) is 0 Å². The zero-order valence-corrected chi connectivity index (χ0v) is 9.95. The number of likely N-dealkylation sites (tertiary alicyclic amines) is 1. The molecule has 0 aromatic heterocycles. The Bertz CT molecular complexity index is 257. The van der Waals surface area contributed by atoms with Gasteiger partial charge in [-0.05, 0) is 32.1 Å². The van der Waals surface area contributed by atoms with Crippen LogP contribution in [0.15, 0.2) is 0 Å². The van der Waals surface area contributed by atoms with E-state index in [2.05, 4.69) is 0 Å². The highest BCUT2D eigenvalue weighted by molar-refractivity contribution is 5.77. The van der Waals surface area contributed by atoms with E-state index in [0.717, 1.165) is 38.6 Å². The van der Waals surface area contributed by atoms with Gasteiger partial charge in [-0.15, -0.1) is 0 Å². The molecule has 0 spiro atoms. The van der Waals surface area contributed by atoms with E-state index in [1.54, 1.807) is 12.0 Å². The Morgan fingerprint density at radius 3 is 2.75 bits per heavy atom. The van der Waals surface area contributed by atoms with E-state index < -0.39 is 0 Å². The van der Waals surface area contributed by atoms with Crippen LogP contribution >= 0.6 is 0 Å². The lowest BCUT2D eigenvalue weighted by Crippen LogP contribution is -2.48. The number of nitrogens with zero attached hydrogens (tertiary/aromatic N) is 1. The molecule has 0 bridgehead atoms. The summed E-state index contributed by atoms with van der Waals surface area (Å²) < 4.78 is 5.45. The van der Waals surface area contributed by atoms with Crippen molar-refractivity contribution in [1.29, 1.82) is 0 Å². The van der Waals surface area contributed by atoms with Crippen LogP contribution in [0.3, 0.4) is 0 Å². The lowest BCUT2D eigenvalue weighted by Gasteiger charge is -2.41. The van der Waals surface area contributed by atoms with Crippen molar-refractivity contribution in [2.45, 2.75) is 50.2 Å². The summed E-state index contributed by atoms with van der Waals surface area (Å²) in [4.78, 5) is 13.8. The van der Waals surface area contributed by atoms with Crippen molar-refractivity contribution < 1.29 is 14.6 Å². The highest BCUT2D eigenvalue weighted by Gasteiger charge is 2.40. The zero-order valence-electron chi connectivity index (χ0n) is 9.95. The summed E-state index contributed by atoms with van der Waals surface area (Å²) in [5.74, 6) is 0.139. The molecule has 2 aliphatic rings. The van der Waals surface area contributed by atoms with Gasteiger partial charge in [-0.3, -0.25) is 4.79 Å². The molecule has 1 heterocycles. The highest BCUT2D eigenvalue weighted by atomic mass is 16.5. The van der Waals surface area contributed by atoms with E-state index in [4.69, 9.17) is 4.74 Å². The number of rotatable bonds is 3. The Morgan fingerprint density at radius 1 is 1.50 bits per heavy atom. The number of aliphatic hydroxyl groups excluding tert-OH is 1. The number of carbonyl (C=O) groups is 1. The van der Waals surface area contributed by atoms with Crippen molar-refractivity contribution in [2.75, 3.05) is 20.2 Å². The second-order valence-electron chi connectivity index (χ2n) is 5.05. The number of hydrogen-bond donors (Lipinski definition) is 1. The molecule has 1 aliphatic heterocycles. The van der Waals surface area contributed by atoms with Gasteiger partial charge in [0.25, 0.3) is 0 Å². The Kier molecular flexibility index (Phi) is 3.50. The molecule has 0 aromatic rings. The SMILES string of the molecule is COC1(CC(=O)N2CCCC(O)C2)CCC1. The molecule has 1 atom stereocenters. The molecule has 1 amide bonds. The third-order valence-corrected chi connectivity index (χ3v) is 3.92. The van der Waals surface area contributed by atoms with E-state index >= 15 is 0 Å². The van der Waals surface area contributed by atoms with Gasteiger partial charge in [0, 0.05) is 20.2 Å². The first-order valence-electron chi connectivity index (χ1n) is 6.16. The van der Waals surface area contributed by atoms with Gasteiger partial charge in [0.15, 0.2) is 0 Å². The van der Waals surface area contributed by atoms with Crippen LogP contribution in [-0.2, 0) is 9.53 Å². The summed E-state index contributed by atoms with van der Waals surface area (Å²) in [6.07, 6.45) is 5.01. The number of piperidine rings is 1. The first-order valence-corrected chi connectivity index (χ1v) is 6.16. The molecule has 4 heteroatoms.